The van der Waals surface area contributed by atoms with E-state index in [1.54, 1.807) is 7.05 Å². The minimum absolute atomic E-state index is 0.0185. The Kier molecular flexibility index (Phi) is 7.80. The molecule has 2 unspecified atom stereocenters. The zero-order chi connectivity index (χ0) is 23.1. The van der Waals surface area contributed by atoms with E-state index in [1.165, 1.54) is 23.5 Å². The average molecular weight is 445 g/mol. The Labute approximate surface area is 184 Å². The number of nitrogens with zero attached hydrogens (tertiary/aromatic N) is 3. The molecule has 1 saturated heterocycles. The van der Waals surface area contributed by atoms with E-state index in [4.69, 9.17) is 0 Å². The molecule has 8 nitrogen and oxygen atoms in total. The topological polar surface area (TPSA) is 104 Å². The number of hydrogen-bond acceptors (Lipinski definition) is 5. The molecule has 2 N–H and O–H groups in total. The highest BCUT2D eigenvalue weighted by atomic mass is 19.1. The van der Waals surface area contributed by atoms with Crippen LogP contribution in [0.4, 0.5) is 8.78 Å². The van der Waals surface area contributed by atoms with Crippen molar-refractivity contribution in [2.24, 2.45) is 5.92 Å². The van der Waals surface area contributed by atoms with Gasteiger partial charge in [-0.15, -0.1) is 0 Å². The van der Waals surface area contributed by atoms with Gasteiger partial charge in [-0.05, 0) is 30.5 Å². The summed E-state index contributed by atoms with van der Waals surface area (Å²) in [6.07, 6.45) is 5.91. The van der Waals surface area contributed by atoms with Gasteiger partial charge in [0.1, 0.15) is 17.3 Å². The van der Waals surface area contributed by atoms with Crippen molar-refractivity contribution in [1.82, 2.24) is 25.5 Å². The van der Waals surface area contributed by atoms with Gasteiger partial charge in [-0.25, -0.2) is 13.8 Å². The van der Waals surface area contributed by atoms with Crippen LogP contribution in [0.3, 0.4) is 0 Å². The molecule has 170 valence electrons. The van der Waals surface area contributed by atoms with Crippen molar-refractivity contribution in [2.45, 2.75) is 38.3 Å². The third-order valence-electron chi connectivity index (χ3n) is 5.34. The first kappa shape index (κ1) is 23.2. The highest BCUT2D eigenvalue weighted by Gasteiger charge is 2.28. The van der Waals surface area contributed by atoms with Crippen LogP contribution in [0.1, 0.15) is 41.7 Å². The maximum absolute atomic E-state index is 13.3. The van der Waals surface area contributed by atoms with Crippen LogP contribution in [-0.4, -0.2) is 52.2 Å². The minimum atomic E-state index is -0.719. The monoisotopic (exact) mass is 445 g/mol. The molecule has 1 aromatic carbocycles. The number of hydrogen-bond donors (Lipinski definition) is 2. The van der Waals surface area contributed by atoms with Crippen molar-refractivity contribution in [3.63, 3.8) is 0 Å². The lowest BCUT2D eigenvalue weighted by atomic mass is 9.96. The van der Waals surface area contributed by atoms with Crippen molar-refractivity contribution < 1.29 is 23.2 Å². The largest absolute Gasteiger partial charge is 0.352 e. The van der Waals surface area contributed by atoms with Gasteiger partial charge >= 0.3 is 0 Å². The highest BCUT2D eigenvalue weighted by Crippen LogP contribution is 2.19. The number of rotatable bonds is 5. The van der Waals surface area contributed by atoms with Gasteiger partial charge in [0.15, 0.2) is 0 Å². The lowest BCUT2D eigenvalue weighted by Crippen LogP contribution is -2.44. The summed E-state index contributed by atoms with van der Waals surface area (Å²) in [5, 5.41) is 5.54. The molecule has 1 aliphatic heterocycles. The van der Waals surface area contributed by atoms with Gasteiger partial charge in [-0.1, -0.05) is 6.42 Å². The molecule has 0 saturated carbocycles. The lowest BCUT2D eigenvalue weighted by molar-refractivity contribution is -0.135. The zero-order valence-corrected chi connectivity index (χ0v) is 17.7. The number of nitrogens with one attached hydrogen (secondary N) is 2. The fourth-order valence-electron chi connectivity index (χ4n) is 3.67. The van der Waals surface area contributed by atoms with Crippen molar-refractivity contribution in [2.75, 3.05) is 13.6 Å². The fraction of sp³-hybridized carbons (Fsp3) is 0.409. The average Bonchev–Trinajstić information content (AvgIpc) is 2.82. The molecule has 2 heterocycles. The number of halogens is 2. The van der Waals surface area contributed by atoms with Crippen molar-refractivity contribution in [3.05, 3.63) is 59.7 Å². The molecular formula is C22H25F2N5O3. The smallest absolute Gasteiger partial charge is 0.271 e. The standard InChI is InChI=1S/C22H25F2N5O3/c1-29-13-18(28-22(32)19-12-25-5-6-26-19)4-2-3-15(9-20(29)30)21(31)27-11-14-7-16(23)10-17(24)8-14/h5-8,10,12,15,18H,2-4,9,11,13H2,1H3,(H,27,31)(H,28,32). The van der Waals surface area contributed by atoms with E-state index in [0.29, 0.717) is 31.4 Å². The van der Waals surface area contributed by atoms with Gasteiger partial charge in [-0.3, -0.25) is 19.4 Å². The number of aromatic nitrogens is 2. The molecule has 32 heavy (non-hydrogen) atoms. The molecule has 1 fully saturated rings. The number of carbonyl (C=O) groups excluding carboxylic acids is 3. The van der Waals surface area contributed by atoms with Crippen molar-refractivity contribution in [3.8, 4) is 0 Å². The first-order chi connectivity index (χ1) is 15.3. The summed E-state index contributed by atoms with van der Waals surface area (Å²) in [5.41, 5.74) is 0.488. The van der Waals surface area contributed by atoms with Crippen LogP contribution >= 0.6 is 0 Å². The predicted molar refractivity (Wildman–Crippen MR) is 111 cm³/mol. The first-order valence-electron chi connectivity index (χ1n) is 10.4. The van der Waals surface area contributed by atoms with Crippen LogP contribution in [0, 0.1) is 17.6 Å². The summed E-state index contributed by atoms with van der Waals surface area (Å²) >= 11 is 0. The second-order valence-electron chi connectivity index (χ2n) is 7.86. The number of carbonyl (C=O) groups is 3. The SMILES string of the molecule is CN1CC(NC(=O)c2cnccn2)CCCC(C(=O)NCc2cc(F)cc(F)c2)CC1=O. The second kappa shape index (κ2) is 10.7. The van der Waals surface area contributed by atoms with Crippen LogP contribution in [0.25, 0.3) is 0 Å². The molecule has 2 aromatic rings. The van der Waals surface area contributed by atoms with Crippen LogP contribution in [0.2, 0.25) is 0 Å². The lowest BCUT2D eigenvalue weighted by Gasteiger charge is -2.24. The summed E-state index contributed by atoms with van der Waals surface area (Å²) in [6.45, 7) is 0.270. The normalized spacial score (nSPS) is 19.5. The van der Waals surface area contributed by atoms with E-state index >= 15 is 0 Å². The van der Waals surface area contributed by atoms with Crippen LogP contribution in [0.5, 0.6) is 0 Å². The van der Waals surface area contributed by atoms with E-state index in [2.05, 4.69) is 20.6 Å². The molecule has 0 radical (unpaired) electrons. The molecule has 1 aliphatic rings. The fourth-order valence-corrected chi connectivity index (χ4v) is 3.67. The molecule has 0 spiro atoms. The highest BCUT2D eigenvalue weighted by molar-refractivity contribution is 5.92. The molecule has 3 rings (SSSR count). The Bertz CT molecular complexity index is 953. The van der Waals surface area contributed by atoms with Crippen molar-refractivity contribution >= 4 is 17.7 Å². The molecular weight excluding hydrogens is 420 g/mol. The van der Waals surface area contributed by atoms with Gasteiger partial charge < -0.3 is 15.5 Å². The maximum atomic E-state index is 13.3. The second-order valence-corrected chi connectivity index (χ2v) is 7.86. The van der Waals surface area contributed by atoms with E-state index < -0.39 is 17.6 Å². The number of amides is 3. The molecule has 1 aromatic heterocycles. The minimum Gasteiger partial charge on any atom is -0.352 e. The van der Waals surface area contributed by atoms with Crippen molar-refractivity contribution in [1.29, 1.82) is 0 Å². The van der Waals surface area contributed by atoms with Crippen LogP contribution < -0.4 is 10.6 Å². The van der Waals surface area contributed by atoms with E-state index in [-0.39, 0.29) is 42.4 Å². The summed E-state index contributed by atoms with van der Waals surface area (Å²) in [4.78, 5) is 47.0. The molecule has 2 atom stereocenters. The molecule has 0 aliphatic carbocycles. The van der Waals surface area contributed by atoms with Gasteiger partial charge in [0.25, 0.3) is 5.91 Å². The summed E-state index contributed by atoms with van der Waals surface area (Å²) in [7, 11) is 1.62. The Morgan fingerprint density at radius 3 is 2.59 bits per heavy atom. The first-order valence-corrected chi connectivity index (χ1v) is 10.4. The Morgan fingerprint density at radius 2 is 1.91 bits per heavy atom. The van der Waals surface area contributed by atoms with Gasteiger partial charge in [0, 0.05) is 57.0 Å². The van der Waals surface area contributed by atoms with E-state index in [0.717, 1.165) is 18.2 Å². The summed E-state index contributed by atoms with van der Waals surface area (Å²) in [5.74, 6) is -2.95. The number of benzene rings is 1. The molecule has 0 bridgehead atoms. The van der Waals surface area contributed by atoms with Crippen LogP contribution in [0.15, 0.2) is 36.8 Å². The summed E-state index contributed by atoms with van der Waals surface area (Å²) < 4.78 is 26.7. The summed E-state index contributed by atoms with van der Waals surface area (Å²) in [6, 6.07) is 2.76. The van der Waals surface area contributed by atoms with E-state index in [1.807, 2.05) is 0 Å². The third kappa shape index (κ3) is 6.53. The Balaban J connectivity index is 1.59. The zero-order valence-electron chi connectivity index (χ0n) is 17.7. The Morgan fingerprint density at radius 1 is 1.16 bits per heavy atom. The third-order valence-corrected chi connectivity index (χ3v) is 5.34. The Hall–Kier alpha value is -3.43. The van der Waals surface area contributed by atoms with E-state index in [9.17, 15) is 23.2 Å². The number of likely N-dealkylation sites (N-methyl/N-ethyl adjacent to an activating group) is 1. The van der Waals surface area contributed by atoms with Gasteiger partial charge in [0.05, 0.1) is 6.20 Å². The molecule has 10 heteroatoms. The predicted octanol–water partition coefficient (Wildman–Crippen LogP) is 1.82. The maximum Gasteiger partial charge on any atom is 0.271 e. The van der Waals surface area contributed by atoms with Gasteiger partial charge in [-0.2, -0.15) is 0 Å². The van der Waals surface area contributed by atoms with Crippen LogP contribution in [-0.2, 0) is 16.1 Å². The molecule has 3 amide bonds. The van der Waals surface area contributed by atoms with Gasteiger partial charge in [0.2, 0.25) is 11.8 Å². The quantitative estimate of drug-likeness (QED) is 0.731.